The lowest BCUT2D eigenvalue weighted by atomic mass is 9.99. The third kappa shape index (κ3) is 44.5. The topological polar surface area (TPSA) is 306 Å². The number of carbonyl (C=O) groups excluding carboxylic acids is 4. The van der Waals surface area contributed by atoms with Crippen molar-refractivity contribution in [1.82, 2.24) is 30.2 Å². The molecular formula is C86H117F9N6O20S2. The van der Waals surface area contributed by atoms with Crippen LogP contribution in [0.25, 0.3) is 0 Å². The minimum Gasteiger partial charge on any atom is -0.508 e. The van der Waals surface area contributed by atoms with Gasteiger partial charge in [-0.25, -0.2) is 58.7 Å². The number of carbonyl (C=O) groups is 4. The molecule has 0 saturated carbocycles. The number of likely N-dealkylation sites (tertiary alicyclic amines) is 4. The van der Waals surface area contributed by atoms with E-state index in [0.29, 0.717) is 134 Å². The van der Waals surface area contributed by atoms with Gasteiger partial charge in [0.2, 0.25) is 0 Å². The molecule has 4 amide bonds. The summed E-state index contributed by atoms with van der Waals surface area (Å²) in [6.07, 6.45) is 12.7. The monoisotopic (exact) mass is 1790 g/mol. The molecule has 6 fully saturated rings. The summed E-state index contributed by atoms with van der Waals surface area (Å²) in [4.78, 5) is 52.9. The highest BCUT2D eigenvalue weighted by Crippen LogP contribution is 2.26. The first-order valence-corrected chi connectivity index (χ1v) is 44.6. The van der Waals surface area contributed by atoms with Gasteiger partial charge in [-0.2, -0.15) is 16.8 Å². The van der Waals surface area contributed by atoms with Gasteiger partial charge in [-0.05, 0) is 191 Å². The summed E-state index contributed by atoms with van der Waals surface area (Å²) in [5, 5.41) is 23.7. The van der Waals surface area contributed by atoms with Crippen LogP contribution in [0.5, 0.6) is 34.5 Å². The number of nitrogens with one attached hydrogen (secondary N) is 2. The first-order valence-electron chi connectivity index (χ1n) is 41.0. The molecule has 6 heterocycles. The average Bonchev–Trinajstić information content (AvgIpc) is 0.914. The third-order valence-corrected chi connectivity index (χ3v) is 20.2. The number of halogens is 9. The highest BCUT2D eigenvalue weighted by atomic mass is 32.2. The van der Waals surface area contributed by atoms with E-state index in [9.17, 15) is 75.5 Å². The molecule has 6 aromatic carbocycles. The van der Waals surface area contributed by atoms with Gasteiger partial charge in [-0.3, -0.25) is 8.37 Å². The maximum atomic E-state index is 13.1. The van der Waals surface area contributed by atoms with Crippen molar-refractivity contribution in [3.05, 3.63) is 180 Å². The van der Waals surface area contributed by atoms with Crippen LogP contribution in [-0.2, 0) is 47.5 Å². The Morgan fingerprint density at radius 1 is 0.350 bits per heavy atom. The molecule has 6 aliphatic heterocycles. The Hall–Kier alpha value is -9.69. The minimum atomic E-state index is -3.41. The SMILES string of the molecule is CCOC(=O)N1CCCC(COS(C)(=O)=O)C1.CCOC(=O)N1CCCC(COS(C)(=O)=O)C1.CCOC(=O)N1CCCC(COc2ccc(F)c(F)c2)C1.CCOC(=O)N1CCCC(COc2cccc(F)c2)C1.Fc1ccc(OCC2CCCNC2)cc1F.Fc1cccc(OCC2CCCNC2)c1.Oc1ccc(F)c(F)c1.Oc1cccc(F)c1. The van der Waals surface area contributed by atoms with Crippen molar-refractivity contribution in [3.63, 3.8) is 0 Å². The predicted molar refractivity (Wildman–Crippen MR) is 442 cm³/mol. The first-order chi connectivity index (χ1) is 58.7. The zero-order valence-corrected chi connectivity index (χ0v) is 72.0. The van der Waals surface area contributed by atoms with E-state index in [0.717, 1.165) is 158 Å². The maximum absolute atomic E-state index is 13.1. The molecule has 123 heavy (non-hydrogen) atoms. The first kappa shape index (κ1) is 104. The maximum Gasteiger partial charge on any atom is 0.409 e. The van der Waals surface area contributed by atoms with Gasteiger partial charge < -0.3 is 78.3 Å². The summed E-state index contributed by atoms with van der Waals surface area (Å²) in [7, 11) is -6.81. The summed E-state index contributed by atoms with van der Waals surface area (Å²) in [5.41, 5.74) is 0. The van der Waals surface area contributed by atoms with Crippen molar-refractivity contribution in [3.8, 4) is 34.5 Å². The van der Waals surface area contributed by atoms with Gasteiger partial charge in [0.1, 0.15) is 51.9 Å². The lowest BCUT2D eigenvalue weighted by Crippen LogP contribution is -2.41. The van der Waals surface area contributed by atoms with Crippen LogP contribution < -0.4 is 29.6 Å². The fourth-order valence-electron chi connectivity index (χ4n) is 13.0. The van der Waals surface area contributed by atoms with Crippen molar-refractivity contribution < 1.29 is 132 Å². The number of ether oxygens (including phenoxy) is 8. The molecule has 6 aliphatic rings. The number of hydrogen-bond donors (Lipinski definition) is 4. The Labute approximate surface area is 715 Å². The van der Waals surface area contributed by atoms with E-state index in [1.807, 2.05) is 0 Å². The number of piperidine rings is 6. The molecule has 0 radical (unpaired) electrons. The van der Waals surface area contributed by atoms with Crippen molar-refractivity contribution in [2.75, 3.05) is 157 Å². The van der Waals surface area contributed by atoms with E-state index < -0.39 is 61.0 Å². The minimum absolute atomic E-state index is 0.0370. The lowest BCUT2D eigenvalue weighted by molar-refractivity contribution is 0.0783. The molecule has 0 aromatic heterocycles. The average molecular weight is 1790 g/mol. The van der Waals surface area contributed by atoms with Crippen LogP contribution in [0.15, 0.2) is 127 Å². The van der Waals surface area contributed by atoms with E-state index >= 15 is 0 Å². The van der Waals surface area contributed by atoms with E-state index in [1.54, 1.807) is 71.6 Å². The Bertz CT molecular complexity index is 4250. The standard InChI is InChI=1S/C15H19F2NO3.C15H20FNO3.C12H15F2NO.C12H16FNO.2C10H19NO5S.C6H4F2O.C6H5FO/c1-2-20-15(19)18-7-3-4-11(9-18)10-21-12-5-6-13(16)14(17)8-12;1-2-19-15(18)17-8-4-5-12(10-17)11-20-14-7-3-6-13(16)9-14;13-11-4-3-10(6-12(11)14)16-8-9-2-1-5-15-7-9;13-11-4-1-5-12(7-11)15-9-10-3-2-6-14-8-10;2*1-3-15-10(12)11-6-4-5-9(7-11)8-16-17(2,13)14;7-5-2-1-4(9)3-6(5)8;7-5-2-1-3-6(8)4-5/h5-6,8,11H,2-4,7,9-10H2,1H3;3,6-7,9,12H,2,4-5,8,10-11H2,1H3;3-4,6,9,15H,1-2,5,7-8H2;1,4-5,7,10,14H,2-3,6,8-9H2;2*9H,3-8H2,1-2H3;1-3,9H;1-4,8H. The van der Waals surface area contributed by atoms with E-state index in [4.69, 9.17) is 56.5 Å². The summed E-state index contributed by atoms with van der Waals surface area (Å²) in [6.45, 7) is 19.9. The largest absolute Gasteiger partial charge is 0.508 e. The second kappa shape index (κ2) is 57.0. The zero-order chi connectivity index (χ0) is 90.1. The highest BCUT2D eigenvalue weighted by molar-refractivity contribution is 7.86. The van der Waals surface area contributed by atoms with Gasteiger partial charge in [0.25, 0.3) is 20.2 Å². The summed E-state index contributed by atoms with van der Waals surface area (Å²) in [6, 6.07) is 27.4. The van der Waals surface area contributed by atoms with Crippen LogP contribution in [-0.4, -0.2) is 228 Å². The molecule has 6 saturated heterocycles. The van der Waals surface area contributed by atoms with E-state index in [-0.39, 0.29) is 84.4 Å². The fraction of sp³-hybridized carbons (Fsp3) is 0.535. The summed E-state index contributed by atoms with van der Waals surface area (Å²) < 4.78 is 208. The van der Waals surface area contributed by atoms with E-state index in [2.05, 4.69) is 10.6 Å². The summed E-state index contributed by atoms with van der Waals surface area (Å²) >= 11 is 0. The smallest absolute Gasteiger partial charge is 0.409 e. The van der Waals surface area contributed by atoms with Gasteiger partial charge in [0.05, 0.1) is 78.6 Å². The zero-order valence-electron chi connectivity index (χ0n) is 70.4. The van der Waals surface area contributed by atoms with Crippen molar-refractivity contribution in [1.29, 1.82) is 0 Å². The predicted octanol–water partition coefficient (Wildman–Crippen LogP) is 15.7. The van der Waals surface area contributed by atoms with Gasteiger partial charge >= 0.3 is 24.4 Å². The number of rotatable bonds is 22. The number of benzene rings is 6. The van der Waals surface area contributed by atoms with Crippen molar-refractivity contribution >= 4 is 44.6 Å². The second-order valence-electron chi connectivity index (χ2n) is 29.4. The van der Waals surface area contributed by atoms with E-state index in [1.165, 1.54) is 67.4 Å². The van der Waals surface area contributed by atoms with Crippen LogP contribution >= 0.6 is 0 Å². The van der Waals surface area contributed by atoms with Crippen LogP contribution in [0.2, 0.25) is 0 Å². The third-order valence-electron chi connectivity index (χ3n) is 19.0. The molecule has 37 heteroatoms. The van der Waals surface area contributed by atoms with Gasteiger partial charge in [0.15, 0.2) is 34.9 Å². The Morgan fingerprint density at radius 2 is 0.634 bits per heavy atom. The molecule has 6 aromatic rings. The van der Waals surface area contributed by atoms with Crippen molar-refractivity contribution in [2.24, 2.45) is 35.5 Å². The Balaban J connectivity index is 0.000000253. The molecule has 4 N–H and O–H groups in total. The fourth-order valence-corrected chi connectivity index (χ4v) is 13.8. The molecule has 26 nitrogen and oxygen atoms in total. The van der Waals surface area contributed by atoms with Crippen LogP contribution in [0.4, 0.5) is 58.7 Å². The molecule has 0 aliphatic carbocycles. The Morgan fingerprint density at radius 3 is 0.902 bits per heavy atom. The number of amides is 4. The molecule has 12 rings (SSSR count). The number of phenols is 2. The number of phenolic OH excluding ortho intramolecular Hbond substituents is 2. The van der Waals surface area contributed by atoms with Gasteiger partial charge in [-0.15, -0.1) is 0 Å². The number of nitrogens with zero attached hydrogens (tertiary/aromatic N) is 4. The van der Waals surface area contributed by atoms with Crippen LogP contribution in [0, 0.1) is 87.9 Å². The quantitative estimate of drug-likeness (QED) is 0.0279. The lowest BCUT2D eigenvalue weighted by Gasteiger charge is -2.31. The normalized spacial score (nSPS) is 18.7. The molecule has 0 bridgehead atoms. The number of hydrogen-bond acceptors (Lipinski definition) is 22. The summed E-state index contributed by atoms with van der Waals surface area (Å²) in [5.74, 6) is -3.38. The highest BCUT2D eigenvalue weighted by Gasteiger charge is 2.30. The Kier molecular flexibility index (Phi) is 48.1. The van der Waals surface area contributed by atoms with Crippen LogP contribution in [0.1, 0.15) is 105 Å². The van der Waals surface area contributed by atoms with Crippen molar-refractivity contribution in [2.45, 2.75) is 105 Å². The molecular weight excluding hydrogens is 1670 g/mol. The molecule has 0 spiro atoms. The molecule has 6 unspecified atom stereocenters. The van der Waals surface area contributed by atoms with Gasteiger partial charge in [-0.1, -0.05) is 18.2 Å². The second-order valence-corrected chi connectivity index (χ2v) is 32.7. The number of aromatic hydroxyl groups is 2. The van der Waals surface area contributed by atoms with Gasteiger partial charge in [0, 0.05) is 137 Å². The molecule has 686 valence electrons. The molecule has 6 atom stereocenters. The van der Waals surface area contributed by atoms with Crippen LogP contribution in [0.3, 0.4) is 0 Å².